The van der Waals surface area contributed by atoms with Crippen molar-refractivity contribution in [2.45, 2.75) is 64.8 Å². The van der Waals surface area contributed by atoms with Crippen LogP contribution in [0.3, 0.4) is 0 Å². The van der Waals surface area contributed by atoms with Gasteiger partial charge in [-0.15, -0.1) is 0 Å². The van der Waals surface area contributed by atoms with Gasteiger partial charge in [0.2, 0.25) is 5.95 Å². The molecule has 0 spiro atoms. The molecule has 178 valence electrons. The standard InChI is InChI=1S/C26H38N6S/c1-20-10-9-16-31(19-20)23-18-24(32-17-7-6-11-21(32)2)29-25(28-23)30-26(33)27-15-8-14-22-12-4-3-5-13-22/h3-5,12-13,18,20-21H,6-11,14-17,19H2,1-2H3,(H2,27,28,29,30,33)/t20-,21+/m0/s1. The normalized spacial score (nSPS) is 21.0. The molecule has 2 aliphatic rings. The van der Waals surface area contributed by atoms with E-state index in [2.05, 4.69) is 70.7 Å². The summed E-state index contributed by atoms with van der Waals surface area (Å²) in [6.07, 6.45) is 8.28. The fraction of sp³-hybridized carbons (Fsp3) is 0.577. The number of aryl methyl sites for hydroxylation is 1. The van der Waals surface area contributed by atoms with Gasteiger partial charge in [0.05, 0.1) is 0 Å². The van der Waals surface area contributed by atoms with Gasteiger partial charge in [0.25, 0.3) is 0 Å². The Morgan fingerprint density at radius 1 is 1.03 bits per heavy atom. The van der Waals surface area contributed by atoms with Gasteiger partial charge in [-0.25, -0.2) is 0 Å². The Labute approximate surface area is 204 Å². The number of rotatable bonds is 7. The molecule has 2 N–H and O–H groups in total. The third kappa shape index (κ3) is 6.79. The van der Waals surface area contributed by atoms with Crippen LogP contribution >= 0.6 is 12.2 Å². The molecule has 7 heteroatoms. The van der Waals surface area contributed by atoms with Crippen molar-refractivity contribution in [2.75, 3.05) is 41.3 Å². The van der Waals surface area contributed by atoms with Crippen LogP contribution in [0.15, 0.2) is 36.4 Å². The lowest BCUT2D eigenvalue weighted by molar-refractivity contribution is 0.444. The first kappa shape index (κ1) is 23.7. The van der Waals surface area contributed by atoms with E-state index in [4.69, 9.17) is 22.2 Å². The van der Waals surface area contributed by atoms with Crippen LogP contribution < -0.4 is 20.4 Å². The molecular formula is C26H38N6S. The summed E-state index contributed by atoms with van der Waals surface area (Å²) in [7, 11) is 0. The van der Waals surface area contributed by atoms with Crippen LogP contribution in [-0.2, 0) is 6.42 Å². The van der Waals surface area contributed by atoms with Gasteiger partial charge in [0.1, 0.15) is 11.6 Å². The molecule has 2 saturated heterocycles. The highest BCUT2D eigenvalue weighted by Gasteiger charge is 2.24. The largest absolute Gasteiger partial charge is 0.362 e. The van der Waals surface area contributed by atoms with Gasteiger partial charge in [-0.2, -0.15) is 9.97 Å². The van der Waals surface area contributed by atoms with E-state index in [0.29, 0.717) is 23.0 Å². The molecule has 2 aromatic rings. The minimum absolute atomic E-state index is 0.498. The van der Waals surface area contributed by atoms with Gasteiger partial charge in [-0.1, -0.05) is 37.3 Å². The molecule has 3 heterocycles. The smallest absolute Gasteiger partial charge is 0.232 e. The Bertz CT molecular complexity index is 905. The summed E-state index contributed by atoms with van der Waals surface area (Å²) in [5.41, 5.74) is 1.35. The molecule has 1 aromatic carbocycles. The van der Waals surface area contributed by atoms with Crippen LogP contribution in [0.1, 0.15) is 57.9 Å². The lowest BCUT2D eigenvalue weighted by Gasteiger charge is -2.36. The fourth-order valence-corrected chi connectivity index (χ4v) is 5.10. The maximum atomic E-state index is 5.58. The third-order valence-corrected chi connectivity index (χ3v) is 7.02. The Morgan fingerprint density at radius 2 is 1.85 bits per heavy atom. The van der Waals surface area contributed by atoms with Gasteiger partial charge in [0, 0.05) is 38.3 Å². The molecule has 0 bridgehead atoms. The Kier molecular flexibility index (Phi) is 8.37. The van der Waals surface area contributed by atoms with Gasteiger partial charge in [-0.3, -0.25) is 0 Å². The van der Waals surface area contributed by atoms with Crippen molar-refractivity contribution in [1.29, 1.82) is 0 Å². The number of anilines is 3. The lowest BCUT2D eigenvalue weighted by atomic mass is 10.0. The highest BCUT2D eigenvalue weighted by molar-refractivity contribution is 7.80. The summed E-state index contributed by atoms with van der Waals surface area (Å²) in [6.45, 7) is 8.60. The van der Waals surface area contributed by atoms with E-state index >= 15 is 0 Å². The van der Waals surface area contributed by atoms with Crippen molar-refractivity contribution in [3.05, 3.63) is 42.0 Å². The molecular weight excluding hydrogens is 428 g/mol. The second-order valence-corrected chi connectivity index (χ2v) is 10.0. The van der Waals surface area contributed by atoms with Crippen LogP contribution in [-0.4, -0.2) is 47.3 Å². The number of thiocarbonyl (C=S) groups is 1. The number of aromatic nitrogens is 2. The molecule has 0 amide bonds. The Hall–Kier alpha value is -2.41. The summed E-state index contributed by atoms with van der Waals surface area (Å²) in [6, 6.07) is 13.2. The maximum Gasteiger partial charge on any atom is 0.232 e. The molecule has 33 heavy (non-hydrogen) atoms. The lowest BCUT2D eigenvalue weighted by Crippen LogP contribution is -2.39. The Balaban J connectivity index is 1.42. The van der Waals surface area contributed by atoms with Crippen LogP contribution in [0, 0.1) is 5.92 Å². The molecule has 6 nitrogen and oxygen atoms in total. The second-order valence-electron chi connectivity index (χ2n) is 9.61. The van der Waals surface area contributed by atoms with Crippen molar-refractivity contribution in [2.24, 2.45) is 5.92 Å². The molecule has 0 radical (unpaired) electrons. The molecule has 2 atom stereocenters. The number of piperidine rings is 2. The first-order valence-electron chi connectivity index (χ1n) is 12.6. The molecule has 2 aliphatic heterocycles. The van der Waals surface area contributed by atoms with E-state index in [1.807, 2.05) is 0 Å². The number of nitrogens with zero attached hydrogens (tertiary/aromatic N) is 4. The van der Waals surface area contributed by atoms with Gasteiger partial charge < -0.3 is 20.4 Å². The van der Waals surface area contributed by atoms with Gasteiger partial charge >= 0.3 is 0 Å². The summed E-state index contributed by atoms with van der Waals surface area (Å²) >= 11 is 5.58. The van der Waals surface area contributed by atoms with Crippen LogP contribution in [0.2, 0.25) is 0 Å². The van der Waals surface area contributed by atoms with Crippen molar-refractivity contribution in [3.63, 3.8) is 0 Å². The van der Waals surface area contributed by atoms with Crippen molar-refractivity contribution in [1.82, 2.24) is 15.3 Å². The Morgan fingerprint density at radius 3 is 2.64 bits per heavy atom. The van der Waals surface area contributed by atoms with E-state index in [-0.39, 0.29) is 0 Å². The topological polar surface area (TPSA) is 56.3 Å². The summed E-state index contributed by atoms with van der Waals surface area (Å²) in [4.78, 5) is 14.6. The fourth-order valence-electron chi connectivity index (χ4n) is 4.91. The zero-order chi connectivity index (χ0) is 23.0. The number of benzene rings is 1. The van der Waals surface area contributed by atoms with Crippen LogP contribution in [0.25, 0.3) is 0 Å². The summed E-state index contributed by atoms with van der Waals surface area (Å²) in [5.74, 6) is 3.31. The van der Waals surface area contributed by atoms with E-state index in [9.17, 15) is 0 Å². The highest BCUT2D eigenvalue weighted by atomic mass is 32.1. The van der Waals surface area contributed by atoms with Crippen molar-refractivity contribution in [3.8, 4) is 0 Å². The monoisotopic (exact) mass is 466 g/mol. The molecule has 4 rings (SSSR count). The molecule has 2 fully saturated rings. The average Bonchev–Trinajstić information content (AvgIpc) is 2.82. The van der Waals surface area contributed by atoms with Crippen LogP contribution in [0.4, 0.5) is 17.6 Å². The molecule has 0 aliphatic carbocycles. The number of nitrogens with one attached hydrogen (secondary N) is 2. The van der Waals surface area contributed by atoms with Gasteiger partial charge in [0.15, 0.2) is 5.11 Å². The van der Waals surface area contributed by atoms with E-state index in [1.165, 1.54) is 37.7 Å². The highest BCUT2D eigenvalue weighted by Crippen LogP contribution is 2.29. The second kappa shape index (κ2) is 11.6. The van der Waals surface area contributed by atoms with E-state index in [0.717, 1.165) is 50.7 Å². The summed E-state index contributed by atoms with van der Waals surface area (Å²) in [5, 5.41) is 7.19. The third-order valence-electron chi connectivity index (χ3n) is 6.77. The molecule has 1 aromatic heterocycles. The minimum Gasteiger partial charge on any atom is -0.362 e. The maximum absolute atomic E-state index is 5.58. The van der Waals surface area contributed by atoms with Crippen molar-refractivity contribution < 1.29 is 0 Å². The predicted molar refractivity (Wildman–Crippen MR) is 142 cm³/mol. The number of hydrogen-bond donors (Lipinski definition) is 2. The quantitative estimate of drug-likeness (QED) is 0.439. The molecule has 0 saturated carbocycles. The van der Waals surface area contributed by atoms with Gasteiger partial charge in [-0.05, 0) is 75.6 Å². The van der Waals surface area contributed by atoms with E-state index < -0.39 is 0 Å². The first-order valence-corrected chi connectivity index (χ1v) is 13.0. The van der Waals surface area contributed by atoms with Crippen molar-refractivity contribution >= 4 is 34.9 Å². The summed E-state index contributed by atoms with van der Waals surface area (Å²) < 4.78 is 0. The van der Waals surface area contributed by atoms with E-state index in [1.54, 1.807) is 0 Å². The SMILES string of the molecule is C[C@H]1CCCN(c2cc(N3CCCC[C@H]3C)nc(NC(=S)NCCCc3ccccc3)n2)C1. The average molecular weight is 467 g/mol. The van der Waals surface area contributed by atoms with Crippen LogP contribution in [0.5, 0.6) is 0 Å². The molecule has 0 unspecified atom stereocenters. The zero-order valence-corrected chi connectivity index (χ0v) is 20.9. The minimum atomic E-state index is 0.498. The predicted octanol–water partition coefficient (Wildman–Crippen LogP) is 5.01. The number of hydrogen-bond acceptors (Lipinski definition) is 5. The zero-order valence-electron chi connectivity index (χ0n) is 20.1. The first-order chi connectivity index (χ1) is 16.1.